The lowest BCUT2D eigenvalue weighted by molar-refractivity contribution is 0.312. The quantitative estimate of drug-likeness (QED) is 0.518. The van der Waals surface area contributed by atoms with E-state index in [0.29, 0.717) is 35.2 Å². The van der Waals surface area contributed by atoms with Crippen LogP contribution in [-0.2, 0) is 36.3 Å². The minimum Gasteiger partial charge on any atom is -0.260 e. The fraction of sp³-hybridized carbons (Fsp3) is 0.227. The molecule has 1 aliphatic heterocycles. The van der Waals surface area contributed by atoms with E-state index in [0.717, 1.165) is 5.56 Å². The van der Waals surface area contributed by atoms with Crippen LogP contribution in [-0.4, -0.2) is 28.6 Å². The molecule has 0 N–H and O–H groups in total. The zero-order valence-corrected chi connectivity index (χ0v) is 18.6. The average molecular weight is 490 g/mol. The first-order chi connectivity index (χ1) is 14.4. The third-order valence-corrected chi connectivity index (χ3v) is 7.54. The molecule has 4 rings (SSSR count). The van der Waals surface area contributed by atoms with Crippen molar-refractivity contribution in [2.45, 2.75) is 26.1 Å². The van der Waals surface area contributed by atoms with Crippen LogP contribution in [0, 0.1) is 5.82 Å². The van der Waals surface area contributed by atoms with E-state index in [9.17, 15) is 12.8 Å². The maximum atomic E-state index is 14.5. The Kier molecular flexibility index (Phi) is 6.29. The van der Waals surface area contributed by atoms with Gasteiger partial charge in [0.2, 0.25) is 0 Å². The van der Waals surface area contributed by atoms with Crippen LogP contribution in [0.15, 0.2) is 71.3 Å². The summed E-state index contributed by atoms with van der Waals surface area (Å²) in [6.07, 6.45) is 2.27. The van der Waals surface area contributed by atoms with Crippen molar-refractivity contribution >= 4 is 26.1 Å². The van der Waals surface area contributed by atoms with Crippen molar-refractivity contribution in [3.05, 3.63) is 99.5 Å². The largest absolute Gasteiger partial charge is 0.282 e. The van der Waals surface area contributed by atoms with Crippen molar-refractivity contribution in [3.63, 3.8) is 0 Å². The standard InChI is InChI=1S/C22H21BrFN3O2S/c23-20-9-8-19(22(24)13-20)15-27(16-21-7-3-4-11-25-21)30(28,29)26-12-10-17-5-1-2-6-18(17)14-26/h1-9,11,13H,10,12,14-16H2. The van der Waals surface area contributed by atoms with Gasteiger partial charge in [-0.05, 0) is 41.8 Å². The molecule has 0 spiro atoms. The second kappa shape index (κ2) is 8.93. The van der Waals surface area contributed by atoms with Gasteiger partial charge in [0.15, 0.2) is 0 Å². The zero-order valence-electron chi connectivity index (χ0n) is 16.2. The summed E-state index contributed by atoms with van der Waals surface area (Å²) in [6, 6.07) is 17.9. The molecule has 1 aromatic heterocycles. The van der Waals surface area contributed by atoms with Crippen LogP contribution >= 0.6 is 15.9 Å². The lowest BCUT2D eigenvalue weighted by Crippen LogP contribution is -2.45. The number of pyridine rings is 1. The monoisotopic (exact) mass is 489 g/mol. The smallest absolute Gasteiger partial charge is 0.260 e. The molecule has 2 heterocycles. The molecule has 0 radical (unpaired) electrons. The average Bonchev–Trinajstić information content (AvgIpc) is 2.75. The Hall–Kier alpha value is -2.13. The molecular formula is C22H21BrFN3O2S. The zero-order chi connectivity index (χ0) is 21.1. The van der Waals surface area contributed by atoms with Crippen molar-refractivity contribution in [1.82, 2.24) is 13.6 Å². The van der Waals surface area contributed by atoms with Gasteiger partial charge in [-0.3, -0.25) is 4.98 Å². The van der Waals surface area contributed by atoms with E-state index >= 15 is 0 Å². The summed E-state index contributed by atoms with van der Waals surface area (Å²) in [5, 5.41) is 0. The molecular weight excluding hydrogens is 469 g/mol. The predicted molar refractivity (Wildman–Crippen MR) is 117 cm³/mol. The highest BCUT2D eigenvalue weighted by atomic mass is 79.9. The van der Waals surface area contributed by atoms with E-state index in [1.165, 1.54) is 20.2 Å². The summed E-state index contributed by atoms with van der Waals surface area (Å²) < 4.78 is 45.0. The Balaban J connectivity index is 1.65. The fourth-order valence-electron chi connectivity index (χ4n) is 3.56. The van der Waals surface area contributed by atoms with Gasteiger partial charge in [-0.15, -0.1) is 0 Å². The molecule has 0 saturated carbocycles. The van der Waals surface area contributed by atoms with Gasteiger partial charge in [-0.1, -0.05) is 52.3 Å². The molecule has 2 aromatic carbocycles. The van der Waals surface area contributed by atoms with Gasteiger partial charge in [0.1, 0.15) is 5.82 Å². The molecule has 0 fully saturated rings. The lowest BCUT2D eigenvalue weighted by Gasteiger charge is -2.33. The Morgan fingerprint density at radius 1 is 1.03 bits per heavy atom. The maximum absolute atomic E-state index is 14.5. The second-order valence-corrected chi connectivity index (χ2v) is 10.0. The van der Waals surface area contributed by atoms with Crippen LogP contribution in [0.1, 0.15) is 22.4 Å². The molecule has 5 nitrogen and oxygen atoms in total. The Bertz CT molecular complexity index is 1140. The molecule has 0 bridgehead atoms. The maximum Gasteiger partial charge on any atom is 0.282 e. The second-order valence-electron chi connectivity index (χ2n) is 7.18. The van der Waals surface area contributed by atoms with Crippen LogP contribution in [0.3, 0.4) is 0 Å². The molecule has 0 saturated heterocycles. The van der Waals surface area contributed by atoms with E-state index in [1.54, 1.807) is 30.5 Å². The first-order valence-corrected chi connectivity index (χ1v) is 11.8. The van der Waals surface area contributed by atoms with Gasteiger partial charge in [0.05, 0.1) is 12.2 Å². The van der Waals surface area contributed by atoms with Crippen molar-refractivity contribution in [1.29, 1.82) is 0 Å². The number of halogens is 2. The van der Waals surface area contributed by atoms with E-state index < -0.39 is 16.0 Å². The normalized spacial score (nSPS) is 14.6. The van der Waals surface area contributed by atoms with Crippen molar-refractivity contribution in [2.24, 2.45) is 0 Å². The molecule has 0 amide bonds. The van der Waals surface area contributed by atoms with E-state index in [2.05, 4.69) is 20.9 Å². The number of hydrogen-bond acceptors (Lipinski definition) is 3. The van der Waals surface area contributed by atoms with Crippen LogP contribution in [0.4, 0.5) is 4.39 Å². The number of benzene rings is 2. The predicted octanol–water partition coefficient (Wildman–Crippen LogP) is 4.29. The summed E-state index contributed by atoms with van der Waals surface area (Å²) in [5.41, 5.74) is 3.09. The SMILES string of the molecule is O=S(=O)(N(Cc1ccccn1)Cc1ccc(Br)cc1F)N1CCc2ccccc2C1. The highest BCUT2D eigenvalue weighted by Crippen LogP contribution is 2.26. The number of rotatable bonds is 6. The topological polar surface area (TPSA) is 53.5 Å². The van der Waals surface area contributed by atoms with Gasteiger partial charge in [0.25, 0.3) is 10.2 Å². The van der Waals surface area contributed by atoms with Gasteiger partial charge >= 0.3 is 0 Å². The fourth-order valence-corrected chi connectivity index (χ4v) is 5.44. The van der Waals surface area contributed by atoms with E-state index in [-0.39, 0.29) is 13.1 Å². The number of hydrogen-bond donors (Lipinski definition) is 0. The molecule has 30 heavy (non-hydrogen) atoms. The summed E-state index contributed by atoms with van der Waals surface area (Å²) in [5.74, 6) is -0.449. The minimum atomic E-state index is -3.84. The van der Waals surface area contributed by atoms with Crippen molar-refractivity contribution in [2.75, 3.05) is 6.54 Å². The minimum absolute atomic E-state index is 0.0663. The Labute approximate surface area is 184 Å². The molecule has 1 aliphatic rings. The summed E-state index contributed by atoms with van der Waals surface area (Å²) >= 11 is 3.24. The first kappa shape index (κ1) is 21.1. The highest BCUT2D eigenvalue weighted by Gasteiger charge is 2.33. The lowest BCUT2D eigenvalue weighted by atomic mass is 10.0. The molecule has 3 aromatic rings. The summed E-state index contributed by atoms with van der Waals surface area (Å²) in [7, 11) is -3.84. The third-order valence-electron chi connectivity index (χ3n) is 5.17. The van der Waals surface area contributed by atoms with E-state index in [4.69, 9.17) is 0 Å². The molecule has 0 aliphatic carbocycles. The number of nitrogens with zero attached hydrogens (tertiary/aromatic N) is 3. The van der Waals surface area contributed by atoms with Crippen LogP contribution in [0.5, 0.6) is 0 Å². The van der Waals surface area contributed by atoms with E-state index in [1.807, 2.05) is 30.3 Å². The van der Waals surface area contributed by atoms with Gasteiger partial charge < -0.3 is 0 Å². The highest BCUT2D eigenvalue weighted by molar-refractivity contribution is 9.10. The summed E-state index contributed by atoms with van der Waals surface area (Å²) in [6.45, 7) is 0.688. The molecule has 0 unspecified atom stereocenters. The molecule has 8 heteroatoms. The molecule has 156 valence electrons. The van der Waals surface area contributed by atoms with Gasteiger partial charge in [0, 0.05) is 35.9 Å². The van der Waals surface area contributed by atoms with Crippen molar-refractivity contribution in [3.8, 4) is 0 Å². The number of fused-ring (bicyclic) bond motifs is 1. The molecule has 0 atom stereocenters. The van der Waals surface area contributed by atoms with Crippen molar-refractivity contribution < 1.29 is 12.8 Å². The van der Waals surface area contributed by atoms with Gasteiger partial charge in [-0.2, -0.15) is 17.0 Å². The third kappa shape index (κ3) is 4.62. The number of aromatic nitrogens is 1. The van der Waals surface area contributed by atoms with Crippen LogP contribution < -0.4 is 0 Å². The Morgan fingerprint density at radius 2 is 1.80 bits per heavy atom. The first-order valence-electron chi connectivity index (χ1n) is 9.59. The van der Waals surface area contributed by atoms with Gasteiger partial charge in [-0.25, -0.2) is 4.39 Å². The van der Waals surface area contributed by atoms with Crippen LogP contribution in [0.25, 0.3) is 0 Å². The Morgan fingerprint density at radius 3 is 2.53 bits per heavy atom. The summed E-state index contributed by atoms with van der Waals surface area (Å²) in [4.78, 5) is 4.27. The van der Waals surface area contributed by atoms with Crippen LogP contribution in [0.2, 0.25) is 0 Å².